The van der Waals surface area contributed by atoms with Gasteiger partial charge in [0.05, 0.1) is 0 Å². The van der Waals surface area contributed by atoms with Gasteiger partial charge in [-0.15, -0.1) is 0 Å². The Hall–Kier alpha value is -0.820. The number of aryl methyl sites for hydroxylation is 2. The monoisotopic (exact) mass is 217 g/mol. The number of nitrogens with one attached hydrogen (secondary N) is 1. The fraction of sp³-hybridized carbons (Fsp3) is 0.600. The maximum atomic E-state index is 3.67. The molecule has 88 valence electrons. The largest absolute Gasteiger partial charge is 0.314 e. The summed E-state index contributed by atoms with van der Waals surface area (Å²) in [7, 11) is 0. The second kappa shape index (κ2) is 6.05. The van der Waals surface area contributed by atoms with Crippen LogP contribution in [0.1, 0.15) is 43.2 Å². The summed E-state index contributed by atoms with van der Waals surface area (Å²) >= 11 is 0. The topological polar surface area (TPSA) is 12.0 Å². The van der Waals surface area contributed by atoms with Crippen LogP contribution in [0.2, 0.25) is 0 Å². The van der Waals surface area contributed by atoms with Crippen LogP contribution >= 0.6 is 0 Å². The van der Waals surface area contributed by atoms with Crippen LogP contribution < -0.4 is 5.32 Å². The maximum Gasteiger partial charge on any atom is 0.00670 e. The highest BCUT2D eigenvalue weighted by Gasteiger charge is 2.13. The molecule has 1 saturated carbocycles. The highest BCUT2D eigenvalue weighted by atomic mass is 14.9. The number of benzene rings is 1. The van der Waals surface area contributed by atoms with E-state index < -0.39 is 0 Å². The number of rotatable bonds is 5. The van der Waals surface area contributed by atoms with E-state index >= 15 is 0 Å². The van der Waals surface area contributed by atoms with Gasteiger partial charge in [-0.25, -0.2) is 0 Å². The Labute approximate surface area is 99.3 Å². The SMILES string of the molecule is Cc1ccccc1CCCNC1CCCC1. The van der Waals surface area contributed by atoms with E-state index in [4.69, 9.17) is 0 Å². The molecule has 0 radical (unpaired) electrons. The highest BCUT2D eigenvalue weighted by Crippen LogP contribution is 2.17. The summed E-state index contributed by atoms with van der Waals surface area (Å²) in [6.07, 6.45) is 8.12. The second-order valence-electron chi connectivity index (χ2n) is 4.97. The Morgan fingerprint density at radius 2 is 1.94 bits per heavy atom. The van der Waals surface area contributed by atoms with Crippen LogP contribution in [-0.2, 0) is 6.42 Å². The third kappa shape index (κ3) is 3.34. The summed E-state index contributed by atoms with van der Waals surface area (Å²) in [5.41, 5.74) is 2.94. The van der Waals surface area contributed by atoms with Gasteiger partial charge in [-0.2, -0.15) is 0 Å². The van der Waals surface area contributed by atoms with Crippen LogP contribution in [0, 0.1) is 6.92 Å². The lowest BCUT2D eigenvalue weighted by molar-refractivity contribution is 0.515. The van der Waals surface area contributed by atoms with Crippen molar-refractivity contribution in [2.24, 2.45) is 0 Å². The molecule has 1 heteroatoms. The van der Waals surface area contributed by atoms with Crippen molar-refractivity contribution in [2.75, 3.05) is 6.54 Å². The zero-order chi connectivity index (χ0) is 11.2. The van der Waals surface area contributed by atoms with Gasteiger partial charge in [-0.3, -0.25) is 0 Å². The molecule has 2 rings (SSSR count). The molecule has 16 heavy (non-hydrogen) atoms. The molecule has 0 heterocycles. The molecule has 1 aliphatic rings. The zero-order valence-corrected chi connectivity index (χ0v) is 10.3. The first-order chi connectivity index (χ1) is 7.86. The van der Waals surface area contributed by atoms with E-state index in [0.29, 0.717) is 0 Å². The Morgan fingerprint density at radius 3 is 2.69 bits per heavy atom. The van der Waals surface area contributed by atoms with Gasteiger partial charge in [-0.1, -0.05) is 37.1 Å². The van der Waals surface area contributed by atoms with Gasteiger partial charge in [0.25, 0.3) is 0 Å². The molecule has 1 aromatic carbocycles. The summed E-state index contributed by atoms with van der Waals surface area (Å²) in [5.74, 6) is 0. The van der Waals surface area contributed by atoms with E-state index in [9.17, 15) is 0 Å². The Kier molecular flexibility index (Phi) is 4.41. The van der Waals surface area contributed by atoms with E-state index in [1.165, 1.54) is 56.2 Å². The van der Waals surface area contributed by atoms with Crippen molar-refractivity contribution in [3.05, 3.63) is 35.4 Å². The van der Waals surface area contributed by atoms with Gasteiger partial charge >= 0.3 is 0 Å². The van der Waals surface area contributed by atoms with E-state index in [0.717, 1.165) is 6.04 Å². The van der Waals surface area contributed by atoms with Crippen molar-refractivity contribution in [3.63, 3.8) is 0 Å². The first-order valence-corrected chi connectivity index (χ1v) is 6.64. The van der Waals surface area contributed by atoms with Crippen molar-refractivity contribution in [3.8, 4) is 0 Å². The highest BCUT2D eigenvalue weighted by molar-refractivity contribution is 5.25. The quantitative estimate of drug-likeness (QED) is 0.745. The van der Waals surface area contributed by atoms with E-state index in [1.807, 2.05) is 0 Å². The minimum Gasteiger partial charge on any atom is -0.314 e. The Morgan fingerprint density at radius 1 is 1.19 bits per heavy atom. The van der Waals surface area contributed by atoms with Gasteiger partial charge in [0.15, 0.2) is 0 Å². The molecule has 0 bridgehead atoms. The lowest BCUT2D eigenvalue weighted by Gasteiger charge is -2.11. The van der Waals surface area contributed by atoms with Crippen molar-refractivity contribution < 1.29 is 0 Å². The first-order valence-electron chi connectivity index (χ1n) is 6.64. The molecular weight excluding hydrogens is 194 g/mol. The molecule has 1 N–H and O–H groups in total. The van der Waals surface area contributed by atoms with Crippen LogP contribution in [0.5, 0.6) is 0 Å². The van der Waals surface area contributed by atoms with Crippen molar-refractivity contribution in [1.82, 2.24) is 5.32 Å². The van der Waals surface area contributed by atoms with Crippen molar-refractivity contribution >= 4 is 0 Å². The average molecular weight is 217 g/mol. The van der Waals surface area contributed by atoms with Gasteiger partial charge in [0.2, 0.25) is 0 Å². The van der Waals surface area contributed by atoms with Crippen LogP contribution in [0.25, 0.3) is 0 Å². The number of hydrogen-bond acceptors (Lipinski definition) is 1. The molecule has 1 aliphatic carbocycles. The lowest BCUT2D eigenvalue weighted by Crippen LogP contribution is -2.27. The van der Waals surface area contributed by atoms with Crippen molar-refractivity contribution in [2.45, 2.75) is 51.5 Å². The average Bonchev–Trinajstić information content (AvgIpc) is 2.79. The Balaban J connectivity index is 1.66. The van der Waals surface area contributed by atoms with Crippen LogP contribution in [-0.4, -0.2) is 12.6 Å². The summed E-state index contributed by atoms with van der Waals surface area (Å²) in [5, 5.41) is 3.67. The summed E-state index contributed by atoms with van der Waals surface area (Å²) < 4.78 is 0. The Bertz CT molecular complexity index is 313. The lowest BCUT2D eigenvalue weighted by atomic mass is 10.0. The van der Waals surface area contributed by atoms with E-state index in [1.54, 1.807) is 0 Å². The zero-order valence-electron chi connectivity index (χ0n) is 10.3. The molecule has 0 aliphatic heterocycles. The van der Waals surface area contributed by atoms with Crippen LogP contribution in [0.3, 0.4) is 0 Å². The fourth-order valence-corrected chi connectivity index (χ4v) is 2.61. The molecule has 0 atom stereocenters. The number of hydrogen-bond donors (Lipinski definition) is 1. The van der Waals surface area contributed by atoms with E-state index in [-0.39, 0.29) is 0 Å². The molecule has 0 spiro atoms. The molecular formula is C15H23N. The second-order valence-corrected chi connectivity index (χ2v) is 4.97. The molecule has 0 amide bonds. The standard InChI is InChI=1S/C15H23N/c1-13-7-2-3-8-14(13)9-6-12-16-15-10-4-5-11-15/h2-3,7-8,15-16H,4-6,9-12H2,1H3. The van der Waals surface area contributed by atoms with Gasteiger partial charge in [0, 0.05) is 6.04 Å². The first kappa shape index (κ1) is 11.7. The molecule has 0 unspecified atom stereocenters. The molecule has 0 aromatic heterocycles. The third-order valence-corrected chi connectivity index (χ3v) is 3.67. The molecule has 1 aromatic rings. The minimum atomic E-state index is 0.817. The summed E-state index contributed by atoms with van der Waals surface area (Å²) in [6.45, 7) is 3.39. The smallest absolute Gasteiger partial charge is 0.00670 e. The maximum absolute atomic E-state index is 3.67. The summed E-state index contributed by atoms with van der Waals surface area (Å²) in [4.78, 5) is 0. The molecule has 1 nitrogen and oxygen atoms in total. The third-order valence-electron chi connectivity index (χ3n) is 3.67. The predicted octanol–water partition coefficient (Wildman–Crippen LogP) is 3.46. The fourth-order valence-electron chi connectivity index (χ4n) is 2.61. The van der Waals surface area contributed by atoms with Crippen LogP contribution in [0.15, 0.2) is 24.3 Å². The van der Waals surface area contributed by atoms with E-state index in [2.05, 4.69) is 36.5 Å². The van der Waals surface area contributed by atoms with Crippen molar-refractivity contribution in [1.29, 1.82) is 0 Å². The molecule has 1 fully saturated rings. The minimum absolute atomic E-state index is 0.817. The molecule has 0 saturated heterocycles. The van der Waals surface area contributed by atoms with Gasteiger partial charge in [-0.05, 0) is 50.3 Å². The summed E-state index contributed by atoms with van der Waals surface area (Å²) in [6, 6.07) is 9.55. The normalized spacial score (nSPS) is 16.8. The van der Waals surface area contributed by atoms with Gasteiger partial charge < -0.3 is 5.32 Å². The van der Waals surface area contributed by atoms with Crippen LogP contribution in [0.4, 0.5) is 0 Å². The predicted molar refractivity (Wildman–Crippen MR) is 69.8 cm³/mol. The van der Waals surface area contributed by atoms with Gasteiger partial charge in [0.1, 0.15) is 0 Å².